The summed E-state index contributed by atoms with van der Waals surface area (Å²) in [7, 11) is 0. The van der Waals surface area contributed by atoms with Crippen LogP contribution in [0.15, 0.2) is 60.7 Å². The summed E-state index contributed by atoms with van der Waals surface area (Å²) in [6.07, 6.45) is 1.95. The Hall–Kier alpha value is -2.66. The van der Waals surface area contributed by atoms with E-state index >= 15 is 0 Å². The molecule has 2 saturated carbocycles. The van der Waals surface area contributed by atoms with E-state index in [1.807, 2.05) is 29.2 Å². The smallest absolute Gasteiger partial charge is 0.226 e. The van der Waals surface area contributed by atoms with Gasteiger partial charge in [0.25, 0.3) is 0 Å². The fourth-order valence-electron chi connectivity index (χ4n) is 4.98. The number of hydrogen-bond donors (Lipinski definition) is 1. The summed E-state index contributed by atoms with van der Waals surface area (Å²) in [6.45, 7) is 4.91. The van der Waals surface area contributed by atoms with Crippen LogP contribution < -0.4 is 5.32 Å². The SMILES string of the molecule is O=C(NCCN1CCN(C(=O)[C@H]2C[C@@H]2c2ccccc2)CC1)[C@@H]1C[C@@H]1c1ccccc1. The zero-order chi connectivity index (χ0) is 21.2. The van der Waals surface area contributed by atoms with Crippen molar-refractivity contribution in [1.29, 1.82) is 0 Å². The molecule has 0 spiro atoms. The molecular weight excluding hydrogens is 386 g/mol. The van der Waals surface area contributed by atoms with Crippen molar-refractivity contribution in [2.75, 3.05) is 39.3 Å². The lowest BCUT2D eigenvalue weighted by Gasteiger charge is -2.35. The first-order valence-electron chi connectivity index (χ1n) is 11.6. The van der Waals surface area contributed by atoms with Gasteiger partial charge in [0.05, 0.1) is 0 Å². The van der Waals surface area contributed by atoms with Crippen LogP contribution >= 0.6 is 0 Å². The highest BCUT2D eigenvalue weighted by molar-refractivity contribution is 5.83. The Morgan fingerprint density at radius 2 is 1.32 bits per heavy atom. The average Bonchev–Trinajstić information content (AvgIpc) is 3.74. The predicted molar refractivity (Wildman–Crippen MR) is 121 cm³/mol. The predicted octanol–water partition coefficient (Wildman–Crippen LogP) is 2.85. The van der Waals surface area contributed by atoms with Crippen LogP contribution in [0.4, 0.5) is 0 Å². The summed E-state index contributed by atoms with van der Waals surface area (Å²) >= 11 is 0. The Kier molecular flexibility index (Phi) is 5.77. The fourth-order valence-corrected chi connectivity index (χ4v) is 4.98. The summed E-state index contributed by atoms with van der Waals surface area (Å²) in [6, 6.07) is 20.7. The van der Waals surface area contributed by atoms with E-state index in [0.717, 1.165) is 45.6 Å². The molecule has 1 N–H and O–H groups in total. The van der Waals surface area contributed by atoms with Gasteiger partial charge in [0.15, 0.2) is 0 Å². The van der Waals surface area contributed by atoms with Crippen LogP contribution in [0.1, 0.15) is 35.8 Å². The van der Waals surface area contributed by atoms with E-state index in [2.05, 4.69) is 46.6 Å². The molecule has 162 valence electrons. The Morgan fingerprint density at radius 3 is 1.94 bits per heavy atom. The van der Waals surface area contributed by atoms with Crippen LogP contribution in [0, 0.1) is 11.8 Å². The van der Waals surface area contributed by atoms with Gasteiger partial charge in [-0.3, -0.25) is 14.5 Å². The minimum atomic E-state index is 0.132. The summed E-state index contributed by atoms with van der Waals surface area (Å²) in [4.78, 5) is 29.6. The molecule has 4 atom stereocenters. The molecule has 5 heteroatoms. The lowest BCUT2D eigenvalue weighted by molar-refractivity contribution is -0.134. The number of rotatable bonds is 7. The van der Waals surface area contributed by atoms with Crippen molar-refractivity contribution in [2.24, 2.45) is 11.8 Å². The Morgan fingerprint density at radius 1 is 0.774 bits per heavy atom. The van der Waals surface area contributed by atoms with Crippen LogP contribution in [-0.4, -0.2) is 60.9 Å². The summed E-state index contributed by atoms with van der Waals surface area (Å²) in [5.74, 6) is 1.60. The van der Waals surface area contributed by atoms with Gasteiger partial charge in [-0.25, -0.2) is 0 Å². The number of benzene rings is 2. The number of amides is 2. The largest absolute Gasteiger partial charge is 0.355 e. The molecule has 3 aliphatic rings. The van der Waals surface area contributed by atoms with Crippen LogP contribution in [0.25, 0.3) is 0 Å². The lowest BCUT2D eigenvalue weighted by Crippen LogP contribution is -2.50. The maximum absolute atomic E-state index is 12.8. The second-order valence-corrected chi connectivity index (χ2v) is 9.18. The highest BCUT2D eigenvalue weighted by Gasteiger charge is 2.46. The Balaban J connectivity index is 0.998. The summed E-state index contributed by atoms with van der Waals surface area (Å²) in [5, 5.41) is 3.12. The standard InChI is InChI=1S/C26H31N3O2/c30-25(23-17-21(23)19-7-3-1-4-8-19)27-11-12-28-13-15-29(16-14-28)26(31)24-18-22(24)20-9-5-2-6-10-20/h1-10,21-24H,11-18H2,(H,27,30)/t21-,22-,23-,24+/m1/s1. The van der Waals surface area contributed by atoms with Crippen molar-refractivity contribution in [3.05, 3.63) is 71.8 Å². The monoisotopic (exact) mass is 417 g/mol. The van der Waals surface area contributed by atoms with Crippen LogP contribution in [0.5, 0.6) is 0 Å². The van der Waals surface area contributed by atoms with Crippen molar-refractivity contribution in [3.8, 4) is 0 Å². The zero-order valence-corrected chi connectivity index (χ0v) is 18.0. The van der Waals surface area contributed by atoms with Gasteiger partial charge in [-0.2, -0.15) is 0 Å². The first-order chi connectivity index (χ1) is 15.2. The molecular formula is C26H31N3O2. The first-order valence-corrected chi connectivity index (χ1v) is 11.6. The normalized spacial score (nSPS) is 27.5. The molecule has 2 aromatic carbocycles. The van der Waals surface area contributed by atoms with Gasteiger partial charge in [-0.05, 0) is 35.8 Å². The maximum atomic E-state index is 12.8. The molecule has 0 aromatic heterocycles. The molecule has 2 aliphatic carbocycles. The summed E-state index contributed by atoms with van der Waals surface area (Å²) in [5.41, 5.74) is 2.56. The second kappa shape index (κ2) is 8.83. The third kappa shape index (κ3) is 4.67. The maximum Gasteiger partial charge on any atom is 0.226 e. The number of carbonyl (C=O) groups is 2. The molecule has 5 rings (SSSR count). The number of piperazine rings is 1. The van der Waals surface area contributed by atoms with Gasteiger partial charge in [0, 0.05) is 51.1 Å². The van der Waals surface area contributed by atoms with Crippen molar-refractivity contribution in [3.63, 3.8) is 0 Å². The highest BCUT2D eigenvalue weighted by Crippen LogP contribution is 2.48. The van der Waals surface area contributed by atoms with E-state index in [1.54, 1.807) is 0 Å². The number of hydrogen-bond acceptors (Lipinski definition) is 3. The molecule has 5 nitrogen and oxygen atoms in total. The number of nitrogens with zero attached hydrogens (tertiary/aromatic N) is 2. The van der Waals surface area contributed by atoms with E-state index in [0.29, 0.717) is 24.3 Å². The van der Waals surface area contributed by atoms with Gasteiger partial charge < -0.3 is 10.2 Å². The van der Waals surface area contributed by atoms with Gasteiger partial charge in [-0.1, -0.05) is 60.7 Å². The molecule has 0 unspecified atom stereocenters. The van der Waals surface area contributed by atoms with E-state index in [4.69, 9.17) is 0 Å². The van der Waals surface area contributed by atoms with Crippen LogP contribution in [-0.2, 0) is 9.59 Å². The minimum Gasteiger partial charge on any atom is -0.355 e. The van der Waals surface area contributed by atoms with Crippen molar-refractivity contribution < 1.29 is 9.59 Å². The molecule has 1 heterocycles. The van der Waals surface area contributed by atoms with Gasteiger partial charge in [-0.15, -0.1) is 0 Å². The van der Waals surface area contributed by atoms with Crippen molar-refractivity contribution in [2.45, 2.75) is 24.7 Å². The topological polar surface area (TPSA) is 52.7 Å². The van der Waals surface area contributed by atoms with E-state index in [9.17, 15) is 9.59 Å². The zero-order valence-electron chi connectivity index (χ0n) is 18.0. The molecule has 2 aromatic rings. The number of nitrogens with one attached hydrogen (secondary N) is 1. The van der Waals surface area contributed by atoms with Crippen LogP contribution in [0.3, 0.4) is 0 Å². The Labute approximate surface area is 184 Å². The van der Waals surface area contributed by atoms with Gasteiger partial charge in [0.1, 0.15) is 0 Å². The van der Waals surface area contributed by atoms with E-state index in [-0.39, 0.29) is 17.7 Å². The lowest BCUT2D eigenvalue weighted by atomic mass is 10.1. The molecule has 0 bridgehead atoms. The average molecular weight is 418 g/mol. The van der Waals surface area contributed by atoms with Crippen molar-refractivity contribution in [1.82, 2.24) is 15.1 Å². The molecule has 2 amide bonds. The quantitative estimate of drug-likeness (QED) is 0.754. The molecule has 1 aliphatic heterocycles. The molecule has 0 radical (unpaired) electrons. The fraction of sp³-hybridized carbons (Fsp3) is 0.462. The van der Waals surface area contributed by atoms with Crippen LogP contribution in [0.2, 0.25) is 0 Å². The summed E-state index contributed by atoms with van der Waals surface area (Å²) < 4.78 is 0. The third-order valence-corrected chi connectivity index (χ3v) is 7.10. The van der Waals surface area contributed by atoms with Gasteiger partial charge in [0.2, 0.25) is 11.8 Å². The van der Waals surface area contributed by atoms with E-state index < -0.39 is 0 Å². The van der Waals surface area contributed by atoms with Gasteiger partial charge >= 0.3 is 0 Å². The highest BCUT2D eigenvalue weighted by atomic mass is 16.2. The molecule has 31 heavy (non-hydrogen) atoms. The van der Waals surface area contributed by atoms with E-state index in [1.165, 1.54) is 11.1 Å². The third-order valence-electron chi connectivity index (χ3n) is 7.10. The number of carbonyl (C=O) groups excluding carboxylic acids is 2. The molecule has 3 fully saturated rings. The Bertz CT molecular complexity index is 906. The van der Waals surface area contributed by atoms with Crippen molar-refractivity contribution >= 4 is 11.8 Å². The second-order valence-electron chi connectivity index (χ2n) is 9.18. The minimum absolute atomic E-state index is 0.132. The molecule has 1 saturated heterocycles. The first kappa shape index (κ1) is 20.3.